The molecule has 0 radical (unpaired) electrons. The molecule has 84 valence electrons. The third-order valence-corrected chi connectivity index (χ3v) is 4.41. The Morgan fingerprint density at radius 2 is 1.87 bits per heavy atom. The van der Waals surface area contributed by atoms with Gasteiger partial charge < -0.3 is 10.8 Å². The summed E-state index contributed by atoms with van der Waals surface area (Å²) in [5.41, 5.74) is 4.07. The molecule has 1 unspecified atom stereocenters. The summed E-state index contributed by atoms with van der Waals surface area (Å²) in [5, 5.41) is 9.12. The van der Waals surface area contributed by atoms with Crippen molar-refractivity contribution in [2.75, 3.05) is 5.73 Å². The number of hydrogen-bond donors (Lipinski definition) is 2. The zero-order valence-electron chi connectivity index (χ0n) is 7.74. The van der Waals surface area contributed by atoms with Gasteiger partial charge in [0.05, 0.1) is 20.6 Å². The molecule has 0 heterocycles. The van der Waals surface area contributed by atoms with Gasteiger partial charge in [0.2, 0.25) is 9.84 Å². The molecule has 0 fully saturated rings. The molecule has 0 spiro atoms. The topological polar surface area (TPSA) is 80.4 Å². The lowest BCUT2D eigenvalue weighted by Gasteiger charge is -2.10. The Morgan fingerprint density at radius 1 is 1.33 bits per heavy atom. The van der Waals surface area contributed by atoms with Crippen molar-refractivity contribution in [3.8, 4) is 0 Å². The van der Waals surface area contributed by atoms with Crippen LogP contribution in [0.15, 0.2) is 17.0 Å². The molecule has 0 aliphatic carbocycles. The number of sulfone groups is 1. The Morgan fingerprint density at radius 3 is 2.33 bits per heavy atom. The minimum atomic E-state index is -3.86. The van der Waals surface area contributed by atoms with Crippen LogP contribution >= 0.6 is 23.2 Å². The van der Waals surface area contributed by atoms with E-state index < -0.39 is 15.3 Å². The van der Waals surface area contributed by atoms with Gasteiger partial charge in [0.25, 0.3) is 0 Å². The first-order valence-electron chi connectivity index (χ1n) is 3.93. The second kappa shape index (κ2) is 4.17. The lowest BCUT2D eigenvalue weighted by molar-refractivity contribution is 0.268. The summed E-state index contributed by atoms with van der Waals surface area (Å²) < 4.78 is 23.2. The summed E-state index contributed by atoms with van der Waals surface area (Å²) in [7, 11) is -3.86. The highest BCUT2D eigenvalue weighted by molar-refractivity contribution is 7.92. The lowest BCUT2D eigenvalue weighted by Crippen LogP contribution is -2.17. The van der Waals surface area contributed by atoms with E-state index in [4.69, 9.17) is 34.0 Å². The molecule has 15 heavy (non-hydrogen) atoms. The molecule has 0 aromatic heterocycles. The molecule has 0 aliphatic heterocycles. The highest BCUT2D eigenvalue weighted by atomic mass is 35.5. The summed E-state index contributed by atoms with van der Waals surface area (Å²) in [6, 6.07) is 2.36. The zero-order chi connectivity index (χ0) is 11.8. The van der Waals surface area contributed by atoms with Gasteiger partial charge in [-0.15, -0.1) is 0 Å². The molecular formula is C8H9Cl2NO3S. The predicted molar refractivity (Wildman–Crippen MR) is 59.7 cm³/mol. The van der Waals surface area contributed by atoms with E-state index in [1.54, 1.807) is 0 Å². The van der Waals surface area contributed by atoms with Crippen LogP contribution in [0.5, 0.6) is 0 Å². The molecule has 0 aliphatic rings. The predicted octanol–water partition coefficient (Wildman–Crippen LogP) is 1.69. The number of nitrogens with two attached hydrogens (primary N) is 1. The van der Waals surface area contributed by atoms with Gasteiger partial charge in [0.1, 0.15) is 0 Å². The van der Waals surface area contributed by atoms with E-state index in [-0.39, 0.29) is 20.6 Å². The third kappa shape index (κ3) is 2.36. The molecule has 1 aromatic rings. The van der Waals surface area contributed by atoms with Gasteiger partial charge >= 0.3 is 0 Å². The fourth-order valence-corrected chi connectivity index (χ4v) is 2.65. The number of halogens is 2. The maximum absolute atomic E-state index is 11.6. The van der Waals surface area contributed by atoms with Crippen LogP contribution < -0.4 is 5.73 Å². The van der Waals surface area contributed by atoms with Gasteiger partial charge in [0, 0.05) is 0 Å². The highest BCUT2D eigenvalue weighted by Gasteiger charge is 2.24. The third-order valence-electron chi connectivity index (χ3n) is 1.81. The van der Waals surface area contributed by atoms with Crippen molar-refractivity contribution in [1.82, 2.24) is 0 Å². The normalized spacial score (nSPS) is 13.9. The van der Waals surface area contributed by atoms with Gasteiger partial charge in [-0.1, -0.05) is 23.2 Å². The lowest BCUT2D eigenvalue weighted by atomic mass is 10.3. The van der Waals surface area contributed by atoms with Crippen molar-refractivity contribution < 1.29 is 13.5 Å². The van der Waals surface area contributed by atoms with Crippen LogP contribution in [0, 0.1) is 0 Å². The minimum absolute atomic E-state index is 0.0576. The Bertz CT molecular complexity index is 485. The first-order valence-corrected chi connectivity index (χ1v) is 6.23. The molecule has 3 N–H and O–H groups in total. The van der Waals surface area contributed by atoms with Crippen molar-refractivity contribution in [1.29, 1.82) is 0 Å². The second-order valence-corrected chi connectivity index (χ2v) is 5.97. The van der Waals surface area contributed by atoms with Gasteiger partial charge in [-0.25, -0.2) is 8.42 Å². The molecule has 0 amide bonds. The van der Waals surface area contributed by atoms with Gasteiger partial charge in [-0.05, 0) is 19.1 Å². The Balaban J connectivity index is 3.46. The quantitative estimate of drug-likeness (QED) is 0.801. The summed E-state index contributed by atoms with van der Waals surface area (Å²) in [6.45, 7) is 1.13. The molecular weight excluding hydrogens is 261 g/mol. The largest absolute Gasteiger partial charge is 0.397 e. The Labute approximate surface area is 97.5 Å². The number of nitrogen functional groups attached to an aromatic ring is 1. The van der Waals surface area contributed by atoms with Crippen LogP contribution in [-0.2, 0) is 9.84 Å². The maximum atomic E-state index is 11.6. The number of aliphatic hydroxyl groups excluding tert-OH is 1. The minimum Gasteiger partial charge on any atom is -0.397 e. The maximum Gasteiger partial charge on any atom is 0.206 e. The fraction of sp³-hybridized carbons (Fsp3) is 0.250. The van der Waals surface area contributed by atoms with Crippen LogP contribution in [0.25, 0.3) is 0 Å². The van der Waals surface area contributed by atoms with E-state index in [2.05, 4.69) is 0 Å². The Kier molecular flexibility index (Phi) is 3.50. The number of aliphatic hydroxyl groups is 1. The van der Waals surface area contributed by atoms with E-state index in [1.807, 2.05) is 0 Å². The number of anilines is 1. The number of benzene rings is 1. The smallest absolute Gasteiger partial charge is 0.206 e. The van der Waals surface area contributed by atoms with E-state index in [9.17, 15) is 8.42 Å². The van der Waals surface area contributed by atoms with E-state index in [0.29, 0.717) is 0 Å². The second-order valence-electron chi connectivity index (χ2n) is 2.95. The van der Waals surface area contributed by atoms with Crippen LogP contribution in [0.4, 0.5) is 5.69 Å². The van der Waals surface area contributed by atoms with Crippen LogP contribution in [0.2, 0.25) is 10.0 Å². The van der Waals surface area contributed by atoms with E-state index >= 15 is 0 Å². The fourth-order valence-electron chi connectivity index (χ4n) is 0.946. The summed E-state index contributed by atoms with van der Waals surface area (Å²) in [4.78, 5) is -0.224. The monoisotopic (exact) mass is 269 g/mol. The molecule has 0 saturated heterocycles. The molecule has 7 heteroatoms. The first kappa shape index (κ1) is 12.6. The van der Waals surface area contributed by atoms with Crippen LogP contribution in [-0.4, -0.2) is 19.0 Å². The van der Waals surface area contributed by atoms with Gasteiger partial charge in [-0.2, -0.15) is 0 Å². The summed E-state index contributed by atoms with van der Waals surface area (Å²) in [6.07, 6.45) is 0. The van der Waals surface area contributed by atoms with E-state index in [0.717, 1.165) is 13.0 Å². The van der Waals surface area contributed by atoms with Crippen molar-refractivity contribution in [3.05, 3.63) is 22.2 Å². The zero-order valence-corrected chi connectivity index (χ0v) is 10.1. The Hall–Kier alpha value is -0.490. The SMILES string of the molecule is CC(O)S(=O)(=O)c1cc(Cl)c(N)cc1Cl. The van der Waals surface area contributed by atoms with Crippen molar-refractivity contribution in [2.45, 2.75) is 17.3 Å². The van der Waals surface area contributed by atoms with Crippen molar-refractivity contribution in [3.63, 3.8) is 0 Å². The average molecular weight is 270 g/mol. The molecule has 4 nitrogen and oxygen atoms in total. The number of rotatable bonds is 2. The molecule has 1 aromatic carbocycles. The molecule has 0 bridgehead atoms. The molecule has 1 atom stereocenters. The van der Waals surface area contributed by atoms with Crippen molar-refractivity contribution >= 4 is 38.7 Å². The summed E-state index contributed by atoms with van der Waals surface area (Å²) >= 11 is 11.4. The van der Waals surface area contributed by atoms with E-state index in [1.165, 1.54) is 6.07 Å². The van der Waals surface area contributed by atoms with Crippen LogP contribution in [0.1, 0.15) is 6.92 Å². The standard InChI is InChI=1S/C8H9Cl2NO3S/c1-4(12)15(13,14)8-3-5(9)7(11)2-6(8)10/h2-4,12H,11H2,1H3. The first-order chi connectivity index (χ1) is 6.76. The summed E-state index contributed by atoms with van der Waals surface area (Å²) in [5.74, 6) is 0. The van der Waals surface area contributed by atoms with Gasteiger partial charge in [0.15, 0.2) is 5.44 Å². The molecule has 1 rings (SSSR count). The van der Waals surface area contributed by atoms with Gasteiger partial charge in [-0.3, -0.25) is 0 Å². The molecule has 0 saturated carbocycles. The average Bonchev–Trinajstić information content (AvgIpc) is 2.10. The van der Waals surface area contributed by atoms with Crippen molar-refractivity contribution in [2.24, 2.45) is 0 Å². The highest BCUT2D eigenvalue weighted by Crippen LogP contribution is 2.31. The van der Waals surface area contributed by atoms with Crippen LogP contribution in [0.3, 0.4) is 0 Å². The number of hydrogen-bond acceptors (Lipinski definition) is 4.